The van der Waals surface area contributed by atoms with Crippen LogP contribution in [0.2, 0.25) is 0 Å². The van der Waals surface area contributed by atoms with Crippen molar-refractivity contribution in [3.8, 4) is 0 Å². The number of rotatable bonds is 6. The van der Waals surface area contributed by atoms with Crippen LogP contribution in [-0.2, 0) is 16.1 Å². The summed E-state index contributed by atoms with van der Waals surface area (Å²) in [6.45, 7) is 4.15. The molecule has 0 spiro atoms. The van der Waals surface area contributed by atoms with E-state index in [1.165, 1.54) is 4.90 Å². The summed E-state index contributed by atoms with van der Waals surface area (Å²) < 4.78 is 0. The van der Waals surface area contributed by atoms with E-state index >= 15 is 0 Å². The first-order valence-electron chi connectivity index (χ1n) is 9.85. The Kier molecular flexibility index (Phi) is 5.22. The van der Waals surface area contributed by atoms with Crippen LogP contribution in [0, 0.1) is 13.8 Å². The molecule has 1 saturated heterocycles. The van der Waals surface area contributed by atoms with Crippen LogP contribution in [0.25, 0.3) is 10.8 Å². The number of carbonyl (C=O) groups excluding carboxylic acids is 3. The average molecular weight is 405 g/mol. The molecule has 4 amide bonds. The average Bonchev–Trinajstić information content (AvgIpc) is 3.21. The second kappa shape index (κ2) is 7.98. The number of benzene rings is 2. The van der Waals surface area contributed by atoms with Crippen LogP contribution >= 0.6 is 0 Å². The van der Waals surface area contributed by atoms with E-state index in [1.807, 2.05) is 50.2 Å². The van der Waals surface area contributed by atoms with Crippen LogP contribution in [0.15, 0.2) is 42.5 Å². The fourth-order valence-electron chi connectivity index (χ4n) is 3.74. The first-order chi connectivity index (χ1) is 14.5. The Morgan fingerprint density at radius 2 is 1.90 bits per heavy atom. The summed E-state index contributed by atoms with van der Waals surface area (Å²) >= 11 is 0. The summed E-state index contributed by atoms with van der Waals surface area (Å²) in [7, 11) is 0. The molecule has 3 aromatic rings. The van der Waals surface area contributed by atoms with Crippen molar-refractivity contribution in [2.75, 3.05) is 4.90 Å². The molecule has 4 rings (SSSR count). The zero-order chi connectivity index (χ0) is 21.3. The fraction of sp³-hybridized carbons (Fsp3) is 0.273. The van der Waals surface area contributed by atoms with Crippen LogP contribution in [0.1, 0.15) is 29.8 Å². The monoisotopic (exact) mass is 405 g/mol. The molecule has 1 aliphatic rings. The molecule has 2 heterocycles. The molecule has 154 valence electrons. The molecule has 0 radical (unpaired) electrons. The summed E-state index contributed by atoms with van der Waals surface area (Å²) in [5.74, 6) is -0.522. The van der Waals surface area contributed by atoms with Gasteiger partial charge in [-0.25, -0.2) is 9.69 Å². The van der Waals surface area contributed by atoms with E-state index in [1.54, 1.807) is 6.07 Å². The lowest BCUT2D eigenvalue weighted by Gasteiger charge is -2.15. The van der Waals surface area contributed by atoms with Crippen molar-refractivity contribution in [2.24, 2.45) is 0 Å². The van der Waals surface area contributed by atoms with Crippen molar-refractivity contribution in [2.45, 2.75) is 39.3 Å². The van der Waals surface area contributed by atoms with Crippen molar-refractivity contribution < 1.29 is 14.4 Å². The van der Waals surface area contributed by atoms with Crippen LogP contribution in [0.5, 0.6) is 0 Å². The smallest absolute Gasteiger partial charge is 0.329 e. The molecule has 0 aliphatic carbocycles. The highest BCUT2D eigenvalue weighted by Crippen LogP contribution is 2.29. The molecule has 3 N–H and O–H groups in total. The summed E-state index contributed by atoms with van der Waals surface area (Å²) in [6, 6.07) is 11.9. The van der Waals surface area contributed by atoms with Crippen LogP contribution in [0.3, 0.4) is 0 Å². The van der Waals surface area contributed by atoms with Crippen molar-refractivity contribution in [1.29, 1.82) is 0 Å². The fourth-order valence-corrected chi connectivity index (χ4v) is 3.74. The molecule has 30 heavy (non-hydrogen) atoms. The van der Waals surface area contributed by atoms with E-state index in [4.69, 9.17) is 0 Å². The molecule has 1 atom stereocenters. The number of nitrogens with zero attached hydrogens (tertiary/aromatic N) is 2. The zero-order valence-corrected chi connectivity index (χ0v) is 16.9. The third-order valence-electron chi connectivity index (χ3n) is 5.43. The molecule has 8 nitrogen and oxygen atoms in total. The van der Waals surface area contributed by atoms with Gasteiger partial charge in [0.1, 0.15) is 6.04 Å². The number of fused-ring (bicyclic) bond motifs is 1. The summed E-state index contributed by atoms with van der Waals surface area (Å²) in [5.41, 5.74) is 3.26. The van der Waals surface area contributed by atoms with Gasteiger partial charge in [0.05, 0.1) is 11.4 Å². The lowest BCUT2D eigenvalue weighted by atomic mass is 10.1. The predicted molar refractivity (Wildman–Crippen MR) is 113 cm³/mol. The standard InChI is InChI=1S/C22H23N5O3/c1-13-17(14(2)26-25-13)12-23-20(28)11-10-18-21(29)27(22(30)24-18)19-9-5-7-15-6-3-4-8-16(15)19/h3-9,18H,10-12H2,1-2H3,(H,23,28)(H,24,30)(H,25,26). The van der Waals surface area contributed by atoms with E-state index in [0.29, 0.717) is 12.2 Å². The van der Waals surface area contributed by atoms with Gasteiger partial charge < -0.3 is 10.6 Å². The molecular formula is C22H23N5O3. The third kappa shape index (κ3) is 3.63. The van der Waals surface area contributed by atoms with E-state index in [0.717, 1.165) is 27.7 Å². The summed E-state index contributed by atoms with van der Waals surface area (Å²) in [6.07, 6.45) is 0.372. The maximum absolute atomic E-state index is 12.9. The quantitative estimate of drug-likeness (QED) is 0.548. The van der Waals surface area contributed by atoms with Gasteiger partial charge in [0.25, 0.3) is 5.91 Å². The number of aromatic amines is 1. The van der Waals surface area contributed by atoms with Crippen LogP contribution < -0.4 is 15.5 Å². The first-order valence-corrected chi connectivity index (χ1v) is 9.85. The van der Waals surface area contributed by atoms with Gasteiger partial charge >= 0.3 is 6.03 Å². The van der Waals surface area contributed by atoms with Gasteiger partial charge in [-0.2, -0.15) is 5.10 Å². The van der Waals surface area contributed by atoms with Gasteiger partial charge in [0.15, 0.2) is 0 Å². The lowest BCUT2D eigenvalue weighted by Crippen LogP contribution is -2.32. The normalized spacial score (nSPS) is 16.2. The minimum absolute atomic E-state index is 0.135. The highest BCUT2D eigenvalue weighted by Gasteiger charge is 2.39. The number of H-pyrrole nitrogens is 1. The first kappa shape index (κ1) is 19.6. The number of hydrogen-bond acceptors (Lipinski definition) is 4. The van der Waals surface area contributed by atoms with Crippen LogP contribution in [0.4, 0.5) is 10.5 Å². The Morgan fingerprint density at radius 3 is 2.67 bits per heavy atom. The Hall–Kier alpha value is -3.68. The second-order valence-corrected chi connectivity index (χ2v) is 7.40. The number of carbonyl (C=O) groups is 3. The summed E-state index contributed by atoms with van der Waals surface area (Å²) in [4.78, 5) is 38.9. The van der Waals surface area contributed by atoms with Gasteiger partial charge in [-0.1, -0.05) is 36.4 Å². The van der Waals surface area contributed by atoms with Crippen LogP contribution in [-0.4, -0.2) is 34.1 Å². The molecule has 2 aromatic carbocycles. The molecule has 8 heteroatoms. The Labute approximate surface area is 173 Å². The highest BCUT2D eigenvalue weighted by atomic mass is 16.2. The Bertz CT molecular complexity index is 1110. The number of aryl methyl sites for hydroxylation is 2. The number of aromatic nitrogens is 2. The minimum atomic E-state index is -0.723. The molecule has 1 aliphatic heterocycles. The van der Waals surface area contributed by atoms with E-state index < -0.39 is 12.1 Å². The molecule has 1 unspecified atom stereocenters. The second-order valence-electron chi connectivity index (χ2n) is 7.40. The molecule has 0 bridgehead atoms. The van der Waals surface area contributed by atoms with E-state index in [9.17, 15) is 14.4 Å². The van der Waals surface area contributed by atoms with Gasteiger partial charge in [0.2, 0.25) is 5.91 Å². The zero-order valence-electron chi connectivity index (χ0n) is 16.9. The molecule has 1 fully saturated rings. The summed E-state index contributed by atoms with van der Waals surface area (Å²) in [5, 5.41) is 14.3. The maximum atomic E-state index is 12.9. The van der Waals surface area contributed by atoms with Crippen molar-refractivity contribution >= 4 is 34.3 Å². The van der Waals surface area contributed by atoms with Gasteiger partial charge in [0, 0.05) is 29.6 Å². The van der Waals surface area contributed by atoms with E-state index in [-0.39, 0.29) is 24.7 Å². The minimum Gasteiger partial charge on any atom is -0.352 e. The van der Waals surface area contributed by atoms with Crippen molar-refractivity contribution in [1.82, 2.24) is 20.8 Å². The third-order valence-corrected chi connectivity index (χ3v) is 5.43. The van der Waals surface area contributed by atoms with Crippen molar-refractivity contribution in [3.63, 3.8) is 0 Å². The molecular weight excluding hydrogens is 382 g/mol. The highest BCUT2D eigenvalue weighted by molar-refractivity contribution is 6.24. The lowest BCUT2D eigenvalue weighted by molar-refractivity contribution is -0.122. The Morgan fingerprint density at radius 1 is 1.13 bits per heavy atom. The number of hydrogen-bond donors (Lipinski definition) is 3. The number of urea groups is 1. The number of anilines is 1. The SMILES string of the molecule is Cc1n[nH]c(C)c1CNC(=O)CCC1NC(=O)N(c2cccc3ccccc23)C1=O. The van der Waals surface area contributed by atoms with Crippen molar-refractivity contribution in [3.05, 3.63) is 59.4 Å². The number of amides is 4. The number of nitrogens with one attached hydrogen (secondary N) is 3. The van der Waals surface area contributed by atoms with Gasteiger partial charge in [-0.15, -0.1) is 0 Å². The number of imide groups is 1. The van der Waals surface area contributed by atoms with Gasteiger partial charge in [-0.3, -0.25) is 14.7 Å². The largest absolute Gasteiger partial charge is 0.352 e. The topological polar surface area (TPSA) is 107 Å². The molecule has 1 aromatic heterocycles. The predicted octanol–water partition coefficient (Wildman–Crippen LogP) is 2.70. The Balaban J connectivity index is 1.40. The molecule has 0 saturated carbocycles. The maximum Gasteiger partial charge on any atom is 0.329 e. The van der Waals surface area contributed by atoms with E-state index in [2.05, 4.69) is 20.8 Å². The van der Waals surface area contributed by atoms with Gasteiger partial charge in [-0.05, 0) is 31.7 Å².